The number of hydrogen-bond donors (Lipinski definition) is 0. The highest BCUT2D eigenvalue weighted by molar-refractivity contribution is 5.89. The van der Waals surface area contributed by atoms with E-state index < -0.39 is 0 Å². The molecule has 0 bridgehead atoms. The second kappa shape index (κ2) is 34.8. The Hall–Kier alpha value is -1.57. The van der Waals surface area contributed by atoms with Crippen molar-refractivity contribution in [2.24, 2.45) is 23.2 Å². The van der Waals surface area contributed by atoms with E-state index in [0.717, 1.165) is 109 Å². The van der Waals surface area contributed by atoms with Gasteiger partial charge in [0, 0.05) is 37.5 Å². The number of piperidine rings is 1. The summed E-state index contributed by atoms with van der Waals surface area (Å²) in [5, 5.41) is 0. The van der Waals surface area contributed by atoms with Gasteiger partial charge in [-0.3, -0.25) is 19.3 Å². The largest absolute Gasteiger partial charge is 0.462 e. The molecule has 0 saturated carbocycles. The highest BCUT2D eigenvalue weighted by atomic mass is 16.5. The molecule has 0 aliphatic carbocycles. The molecule has 2 saturated heterocycles. The number of allylic oxidation sites excluding steroid dienone is 1. The first-order chi connectivity index (χ1) is 29.4. The van der Waals surface area contributed by atoms with Crippen molar-refractivity contribution < 1.29 is 23.9 Å². The summed E-state index contributed by atoms with van der Waals surface area (Å²) in [7, 11) is 2.21. The van der Waals surface area contributed by atoms with Crippen LogP contribution in [0.1, 0.15) is 234 Å². The number of rotatable bonds is 39. The smallest absolute Gasteiger partial charge is 0.306 e. The third-order valence-electron chi connectivity index (χ3n) is 14.5. The summed E-state index contributed by atoms with van der Waals surface area (Å²) in [6, 6.07) is 0.391. The molecule has 0 spiro atoms. The van der Waals surface area contributed by atoms with Crippen LogP contribution in [0.2, 0.25) is 0 Å². The SMILES string of the molecule is CCCCCCCCC(CCCCCCCC)OC(=O)CCCCCCCOC[C@@H]1C[C@H](/C=C\C(=O)CCC(C)C2CCN(C)CC2)CN1CCCCCCC(C)(C)C(C)=O. The molecule has 0 aromatic heterocycles. The predicted octanol–water partition coefficient (Wildman–Crippen LogP) is 13.9. The molecule has 0 aromatic carbocycles. The van der Waals surface area contributed by atoms with E-state index in [1.54, 1.807) is 6.92 Å². The first kappa shape index (κ1) is 55.6. The van der Waals surface area contributed by atoms with Crippen LogP contribution >= 0.6 is 0 Å². The van der Waals surface area contributed by atoms with Gasteiger partial charge in [0.25, 0.3) is 0 Å². The number of carbonyl (C=O) groups excluding carboxylic acids is 3. The number of esters is 1. The van der Waals surface area contributed by atoms with Crippen molar-refractivity contribution in [3.63, 3.8) is 0 Å². The third kappa shape index (κ3) is 27.4. The maximum absolute atomic E-state index is 13.0. The molecule has 2 fully saturated rings. The number of ether oxygens (including phenoxy) is 2. The Morgan fingerprint density at radius 3 is 1.93 bits per heavy atom. The van der Waals surface area contributed by atoms with Crippen molar-refractivity contribution >= 4 is 17.5 Å². The Morgan fingerprint density at radius 2 is 1.30 bits per heavy atom. The first-order valence-corrected chi connectivity index (χ1v) is 26.4. The predicted molar refractivity (Wildman–Crippen MR) is 258 cm³/mol. The van der Waals surface area contributed by atoms with Gasteiger partial charge in [-0.05, 0) is 134 Å². The van der Waals surface area contributed by atoms with Gasteiger partial charge in [-0.25, -0.2) is 0 Å². The van der Waals surface area contributed by atoms with Crippen molar-refractivity contribution in [3.05, 3.63) is 12.2 Å². The van der Waals surface area contributed by atoms with E-state index in [-0.39, 0.29) is 29.1 Å². The van der Waals surface area contributed by atoms with Crippen molar-refractivity contribution in [1.29, 1.82) is 0 Å². The molecule has 2 aliphatic rings. The molecule has 0 radical (unpaired) electrons. The fourth-order valence-corrected chi connectivity index (χ4v) is 9.59. The summed E-state index contributed by atoms with van der Waals surface area (Å²) in [5.41, 5.74) is -0.212. The van der Waals surface area contributed by atoms with Crippen LogP contribution in [0.25, 0.3) is 0 Å². The van der Waals surface area contributed by atoms with Gasteiger partial charge in [0.2, 0.25) is 0 Å². The Labute approximate surface area is 378 Å². The van der Waals surface area contributed by atoms with Crippen LogP contribution in [0.5, 0.6) is 0 Å². The minimum Gasteiger partial charge on any atom is -0.462 e. The maximum atomic E-state index is 13.0. The average molecular weight is 857 g/mol. The van der Waals surface area contributed by atoms with Crippen molar-refractivity contribution in [2.75, 3.05) is 46.4 Å². The standard InChI is InChI=1S/C54H100N2O5/c1-8-10-12-14-17-23-29-52(30-24-18-15-13-11-9-2)61-53(59)31-25-19-16-22-28-42-60-45-50-43-48(44-56(50)39-27-21-20-26-38-54(5,6)47(4)57)33-35-51(58)34-32-46(3)49-36-40-55(7)41-37-49/h33,35,46,48-50,52H,8-32,34,36-45H2,1-7H3/b35-33-/t46?,48-,50-/m0/s1. The number of Topliss-reactive ketones (excluding diaryl/α,β-unsaturated/α-hetero) is 1. The minimum atomic E-state index is -0.212. The minimum absolute atomic E-state index is 0.0125. The van der Waals surface area contributed by atoms with Gasteiger partial charge in [0.05, 0.1) is 6.61 Å². The summed E-state index contributed by atoms with van der Waals surface area (Å²) in [4.78, 5) is 42.8. The number of unbranched alkanes of at least 4 members (excludes halogenated alkanes) is 17. The molecule has 2 rings (SSSR count). The molecule has 3 atom stereocenters. The molecule has 7 nitrogen and oxygen atoms in total. The maximum Gasteiger partial charge on any atom is 0.306 e. The summed E-state index contributed by atoms with van der Waals surface area (Å²) in [5.74, 6) is 2.35. The third-order valence-corrected chi connectivity index (χ3v) is 14.5. The van der Waals surface area contributed by atoms with Crippen molar-refractivity contribution in [3.8, 4) is 0 Å². The Bertz CT molecular complexity index is 1130. The Kier molecular flexibility index (Phi) is 31.7. The molecule has 0 amide bonds. The van der Waals surface area contributed by atoms with Crippen LogP contribution in [-0.2, 0) is 23.9 Å². The molecule has 7 heteroatoms. The molecule has 1 unspecified atom stereocenters. The molecule has 2 heterocycles. The van der Waals surface area contributed by atoms with Gasteiger partial charge in [-0.2, -0.15) is 0 Å². The topological polar surface area (TPSA) is 76.2 Å². The number of nitrogens with zero attached hydrogens (tertiary/aromatic N) is 2. The fraction of sp³-hybridized carbons (Fsp3) is 0.907. The lowest BCUT2D eigenvalue weighted by Crippen LogP contribution is -2.34. The van der Waals surface area contributed by atoms with Crippen LogP contribution in [0, 0.1) is 23.2 Å². The zero-order valence-corrected chi connectivity index (χ0v) is 41.4. The van der Waals surface area contributed by atoms with Crippen LogP contribution < -0.4 is 0 Å². The van der Waals surface area contributed by atoms with Gasteiger partial charge in [0.1, 0.15) is 11.9 Å². The zero-order valence-electron chi connectivity index (χ0n) is 41.4. The fourth-order valence-electron chi connectivity index (χ4n) is 9.59. The Morgan fingerprint density at radius 1 is 0.721 bits per heavy atom. The summed E-state index contributed by atoms with van der Waals surface area (Å²) in [6.07, 6.45) is 38.3. The summed E-state index contributed by atoms with van der Waals surface area (Å²) >= 11 is 0. The highest BCUT2D eigenvalue weighted by Gasteiger charge is 2.31. The van der Waals surface area contributed by atoms with Crippen LogP contribution in [0.3, 0.4) is 0 Å². The highest BCUT2D eigenvalue weighted by Crippen LogP contribution is 2.29. The lowest BCUT2D eigenvalue weighted by atomic mass is 9.82. The van der Waals surface area contributed by atoms with E-state index in [1.807, 2.05) is 6.08 Å². The number of ketones is 2. The first-order valence-electron chi connectivity index (χ1n) is 26.4. The van der Waals surface area contributed by atoms with E-state index in [1.165, 1.54) is 116 Å². The van der Waals surface area contributed by atoms with Crippen LogP contribution in [0.15, 0.2) is 12.2 Å². The molecule has 0 N–H and O–H groups in total. The van der Waals surface area contributed by atoms with E-state index in [4.69, 9.17) is 9.47 Å². The lowest BCUT2D eigenvalue weighted by molar-refractivity contribution is -0.150. The lowest BCUT2D eigenvalue weighted by Gasteiger charge is -2.32. The number of carbonyl (C=O) groups is 3. The van der Waals surface area contributed by atoms with E-state index >= 15 is 0 Å². The second-order valence-electron chi connectivity index (χ2n) is 20.5. The zero-order chi connectivity index (χ0) is 44.6. The van der Waals surface area contributed by atoms with E-state index in [0.29, 0.717) is 30.7 Å². The van der Waals surface area contributed by atoms with Crippen LogP contribution in [-0.4, -0.2) is 85.9 Å². The average Bonchev–Trinajstić information content (AvgIpc) is 3.63. The number of hydrogen-bond acceptors (Lipinski definition) is 7. The second-order valence-corrected chi connectivity index (χ2v) is 20.5. The number of likely N-dealkylation sites (tertiary alicyclic amines) is 2. The monoisotopic (exact) mass is 857 g/mol. The van der Waals surface area contributed by atoms with Gasteiger partial charge in [-0.1, -0.05) is 143 Å². The summed E-state index contributed by atoms with van der Waals surface area (Å²) < 4.78 is 12.4. The van der Waals surface area contributed by atoms with Gasteiger partial charge in [-0.15, -0.1) is 0 Å². The van der Waals surface area contributed by atoms with Crippen LogP contribution in [0.4, 0.5) is 0 Å². The normalized spacial score (nSPS) is 18.8. The molecule has 0 aromatic rings. The van der Waals surface area contributed by atoms with Crippen molar-refractivity contribution in [2.45, 2.75) is 246 Å². The quantitative estimate of drug-likeness (QED) is 0.0346. The van der Waals surface area contributed by atoms with E-state index in [2.05, 4.69) is 57.5 Å². The van der Waals surface area contributed by atoms with Gasteiger partial charge >= 0.3 is 5.97 Å². The molecular weight excluding hydrogens is 757 g/mol. The van der Waals surface area contributed by atoms with Gasteiger partial charge in [0.15, 0.2) is 5.78 Å². The molecule has 61 heavy (non-hydrogen) atoms. The van der Waals surface area contributed by atoms with Gasteiger partial charge < -0.3 is 14.4 Å². The Balaban J connectivity index is 1.71. The molecular formula is C54H100N2O5. The van der Waals surface area contributed by atoms with Crippen molar-refractivity contribution in [1.82, 2.24) is 9.80 Å². The molecule has 356 valence electrons. The van der Waals surface area contributed by atoms with E-state index in [9.17, 15) is 14.4 Å². The molecule has 2 aliphatic heterocycles. The summed E-state index contributed by atoms with van der Waals surface area (Å²) in [6.45, 7) is 18.7.